The molecule has 1 amide bonds. The molecule has 0 fully saturated rings. The number of nitrogens with one attached hydrogen (secondary N) is 2. The van der Waals surface area contributed by atoms with Gasteiger partial charge in [0, 0.05) is 32.4 Å². The van der Waals surface area contributed by atoms with E-state index in [9.17, 15) is 4.79 Å². The van der Waals surface area contributed by atoms with Gasteiger partial charge in [-0.2, -0.15) is 5.10 Å². The van der Waals surface area contributed by atoms with Crippen LogP contribution in [0.25, 0.3) is 33.8 Å². The Kier molecular flexibility index (Phi) is 6.23. The first kappa shape index (κ1) is 22.8. The quantitative estimate of drug-likeness (QED) is 0.247. The number of rotatable bonds is 6. The zero-order valence-corrected chi connectivity index (χ0v) is 20.6. The molecule has 0 saturated carbocycles. The lowest BCUT2D eigenvalue weighted by Gasteiger charge is -2.12. The van der Waals surface area contributed by atoms with Gasteiger partial charge >= 0.3 is 0 Å². The molecule has 2 heterocycles. The molecule has 0 atom stereocenters. The van der Waals surface area contributed by atoms with Crippen LogP contribution in [0.1, 0.15) is 21.7 Å². The fourth-order valence-corrected chi connectivity index (χ4v) is 5.23. The maximum absolute atomic E-state index is 13.3. The number of H-pyrrole nitrogens is 1. The molecule has 2 N–H and O–H groups in total. The largest absolute Gasteiger partial charge is 0.321 e. The van der Waals surface area contributed by atoms with Crippen molar-refractivity contribution in [2.45, 2.75) is 9.79 Å². The van der Waals surface area contributed by atoms with E-state index in [2.05, 4.69) is 38.7 Å². The third-order valence-corrected chi connectivity index (χ3v) is 7.13. The van der Waals surface area contributed by atoms with Crippen molar-refractivity contribution in [3.05, 3.63) is 126 Å². The van der Waals surface area contributed by atoms with Gasteiger partial charge < -0.3 is 5.32 Å². The van der Waals surface area contributed by atoms with Crippen LogP contribution in [0.3, 0.4) is 0 Å². The Bertz CT molecular complexity index is 1750. The van der Waals surface area contributed by atoms with Crippen LogP contribution in [0.5, 0.6) is 0 Å². The number of carbonyl (C=O) groups excluding carboxylic acids is 1. The molecule has 0 aliphatic rings. The number of amides is 1. The normalized spacial score (nSPS) is 11.4. The van der Waals surface area contributed by atoms with Crippen LogP contribution in [-0.2, 0) is 0 Å². The molecule has 0 aliphatic carbocycles. The average Bonchev–Trinajstić information content (AvgIpc) is 3.35. The molecule has 0 radical (unpaired) electrons. The van der Waals surface area contributed by atoms with Crippen molar-refractivity contribution >= 4 is 57.2 Å². The lowest BCUT2D eigenvalue weighted by Crippen LogP contribution is -2.13. The highest BCUT2D eigenvalue weighted by Gasteiger charge is 2.14. The summed E-state index contributed by atoms with van der Waals surface area (Å²) in [6.45, 7) is 0. The summed E-state index contributed by atoms with van der Waals surface area (Å²) in [6.07, 6.45) is 5.68. The predicted molar refractivity (Wildman–Crippen MR) is 152 cm³/mol. The highest BCUT2D eigenvalue weighted by atomic mass is 32.2. The summed E-state index contributed by atoms with van der Waals surface area (Å²) in [5, 5.41) is 13.8. The lowest BCUT2D eigenvalue weighted by molar-refractivity contribution is 0.102. The minimum atomic E-state index is -0.135. The second-order valence-electron chi connectivity index (χ2n) is 8.48. The van der Waals surface area contributed by atoms with Gasteiger partial charge in [-0.05, 0) is 66.1 Å². The summed E-state index contributed by atoms with van der Waals surface area (Å²) in [6, 6.07) is 33.6. The highest BCUT2D eigenvalue weighted by molar-refractivity contribution is 7.99. The average molecular weight is 499 g/mol. The van der Waals surface area contributed by atoms with Crippen LogP contribution < -0.4 is 5.32 Å². The van der Waals surface area contributed by atoms with Crippen LogP contribution >= 0.6 is 11.8 Å². The van der Waals surface area contributed by atoms with E-state index in [1.54, 1.807) is 18.0 Å². The first-order valence-electron chi connectivity index (χ1n) is 11.9. The predicted octanol–water partition coefficient (Wildman–Crippen LogP) is 7.69. The zero-order valence-electron chi connectivity index (χ0n) is 19.8. The molecule has 0 aliphatic heterocycles. The van der Waals surface area contributed by atoms with E-state index in [1.807, 2.05) is 97.1 Å². The van der Waals surface area contributed by atoms with E-state index in [0.717, 1.165) is 48.5 Å². The lowest BCUT2D eigenvalue weighted by atomic mass is 10.1. The number of aromatic nitrogens is 3. The van der Waals surface area contributed by atoms with Crippen LogP contribution in [-0.4, -0.2) is 21.1 Å². The van der Waals surface area contributed by atoms with Crippen molar-refractivity contribution in [3.8, 4) is 0 Å². The molecule has 5 nitrogen and oxygen atoms in total. The first-order chi connectivity index (χ1) is 18.2. The fourth-order valence-electron chi connectivity index (χ4n) is 4.24. The number of pyridine rings is 1. The fraction of sp³-hybridized carbons (Fsp3) is 0. The number of carbonyl (C=O) groups is 1. The van der Waals surface area contributed by atoms with Crippen LogP contribution in [0.2, 0.25) is 0 Å². The summed E-state index contributed by atoms with van der Waals surface area (Å²) < 4.78 is 0. The monoisotopic (exact) mass is 498 g/mol. The molecule has 178 valence electrons. The second kappa shape index (κ2) is 10.1. The maximum atomic E-state index is 13.3. The number of hydrogen-bond donors (Lipinski definition) is 2. The molecule has 0 unspecified atom stereocenters. The molecule has 4 aromatic carbocycles. The summed E-state index contributed by atoms with van der Waals surface area (Å²) >= 11 is 1.55. The van der Waals surface area contributed by atoms with Crippen molar-refractivity contribution in [2.75, 3.05) is 5.32 Å². The topological polar surface area (TPSA) is 70.7 Å². The van der Waals surface area contributed by atoms with Gasteiger partial charge in [0.2, 0.25) is 0 Å². The molecule has 0 spiro atoms. The summed E-state index contributed by atoms with van der Waals surface area (Å²) in [4.78, 5) is 19.5. The summed E-state index contributed by atoms with van der Waals surface area (Å²) in [5.41, 5.74) is 4.09. The minimum Gasteiger partial charge on any atom is -0.321 e. The molecule has 6 rings (SSSR count). The van der Waals surface area contributed by atoms with Crippen molar-refractivity contribution in [1.29, 1.82) is 0 Å². The SMILES string of the molecule is O=C(Nc1cccc2ccccc12)c1ccccc1Sc1ccc2c(/C=C/c3ccccn3)n[nH]c2c1. The Morgan fingerprint density at radius 3 is 2.57 bits per heavy atom. The Morgan fingerprint density at radius 1 is 0.811 bits per heavy atom. The number of nitrogens with zero attached hydrogens (tertiary/aromatic N) is 2. The number of anilines is 1. The van der Waals surface area contributed by atoms with Gasteiger partial charge in [-0.3, -0.25) is 14.9 Å². The highest BCUT2D eigenvalue weighted by Crippen LogP contribution is 2.33. The van der Waals surface area contributed by atoms with Gasteiger partial charge in [0.1, 0.15) is 0 Å². The van der Waals surface area contributed by atoms with Crippen LogP contribution in [0.15, 0.2) is 119 Å². The molecular formula is C31H22N4OS. The van der Waals surface area contributed by atoms with Gasteiger partial charge in [0.15, 0.2) is 0 Å². The Balaban J connectivity index is 1.24. The standard InChI is InChI=1S/C31H22N4OS/c36-31(33-27-13-7-9-21-8-1-2-11-24(21)27)26-12-3-4-14-30(26)37-23-16-17-25-28(34-35-29(25)20-23)18-15-22-10-5-6-19-32-22/h1-20H,(H,33,36)(H,34,35)/b18-15+. The Morgan fingerprint density at radius 2 is 1.65 bits per heavy atom. The van der Waals surface area contributed by atoms with Crippen LogP contribution in [0, 0.1) is 0 Å². The summed E-state index contributed by atoms with van der Waals surface area (Å²) in [5.74, 6) is -0.135. The number of fused-ring (bicyclic) bond motifs is 2. The molecule has 2 aromatic heterocycles. The molecule has 6 heteroatoms. The number of hydrogen-bond acceptors (Lipinski definition) is 4. The van der Waals surface area contributed by atoms with E-state index in [1.165, 1.54) is 0 Å². The number of aromatic amines is 1. The second-order valence-corrected chi connectivity index (χ2v) is 9.60. The molecular weight excluding hydrogens is 476 g/mol. The smallest absolute Gasteiger partial charge is 0.256 e. The van der Waals surface area contributed by atoms with Crippen molar-refractivity contribution in [2.24, 2.45) is 0 Å². The van der Waals surface area contributed by atoms with E-state index >= 15 is 0 Å². The Hall–Kier alpha value is -4.68. The molecule has 0 bridgehead atoms. The third kappa shape index (κ3) is 4.87. The van der Waals surface area contributed by atoms with Crippen molar-refractivity contribution in [3.63, 3.8) is 0 Å². The van der Waals surface area contributed by atoms with Gasteiger partial charge in [-0.25, -0.2) is 0 Å². The zero-order chi connectivity index (χ0) is 25.0. The molecule has 37 heavy (non-hydrogen) atoms. The van der Waals surface area contributed by atoms with Gasteiger partial charge in [-0.15, -0.1) is 0 Å². The van der Waals surface area contributed by atoms with Gasteiger partial charge in [0.05, 0.1) is 22.5 Å². The Labute approximate surface area is 218 Å². The van der Waals surface area contributed by atoms with E-state index in [-0.39, 0.29) is 5.91 Å². The van der Waals surface area contributed by atoms with Gasteiger partial charge in [-0.1, -0.05) is 66.4 Å². The van der Waals surface area contributed by atoms with Crippen LogP contribution in [0.4, 0.5) is 5.69 Å². The van der Waals surface area contributed by atoms with E-state index < -0.39 is 0 Å². The maximum Gasteiger partial charge on any atom is 0.256 e. The minimum absolute atomic E-state index is 0.135. The van der Waals surface area contributed by atoms with Crippen molar-refractivity contribution < 1.29 is 4.79 Å². The third-order valence-electron chi connectivity index (χ3n) is 6.06. The van der Waals surface area contributed by atoms with Crippen molar-refractivity contribution in [1.82, 2.24) is 15.2 Å². The van der Waals surface area contributed by atoms with Gasteiger partial charge in [0.25, 0.3) is 5.91 Å². The van der Waals surface area contributed by atoms with E-state index in [4.69, 9.17) is 0 Å². The first-order valence-corrected chi connectivity index (χ1v) is 12.7. The molecule has 6 aromatic rings. The number of benzene rings is 4. The summed E-state index contributed by atoms with van der Waals surface area (Å²) in [7, 11) is 0. The molecule has 0 saturated heterocycles. The van der Waals surface area contributed by atoms with E-state index in [0.29, 0.717) is 5.56 Å².